The Bertz CT molecular complexity index is 366. The van der Waals surface area contributed by atoms with E-state index in [9.17, 15) is 13.2 Å². The van der Waals surface area contributed by atoms with Crippen LogP contribution in [0.3, 0.4) is 0 Å². The average molecular weight is 296 g/mol. The van der Waals surface area contributed by atoms with E-state index in [1.165, 1.54) is 11.3 Å². The maximum absolute atomic E-state index is 11.8. The molecule has 0 unspecified atom stereocenters. The zero-order valence-corrected chi connectivity index (χ0v) is 11.9. The van der Waals surface area contributed by atoms with Crippen LogP contribution in [-0.2, 0) is 17.7 Å². The number of thiazole rings is 1. The van der Waals surface area contributed by atoms with Crippen LogP contribution in [0, 0.1) is 5.92 Å². The Balaban J connectivity index is 2.19. The molecule has 1 aromatic heterocycles. The van der Waals surface area contributed by atoms with Gasteiger partial charge in [-0.15, -0.1) is 11.3 Å². The number of nitrogens with zero attached hydrogens (tertiary/aromatic N) is 1. The number of aromatic nitrogens is 1. The van der Waals surface area contributed by atoms with E-state index in [1.54, 1.807) is 6.20 Å². The maximum Gasteiger partial charge on any atom is 0.411 e. The highest BCUT2D eigenvalue weighted by Gasteiger charge is 2.27. The van der Waals surface area contributed by atoms with E-state index in [1.807, 2.05) is 0 Å². The largest absolute Gasteiger partial charge is 0.411 e. The Labute approximate surface area is 115 Å². The van der Waals surface area contributed by atoms with Crippen molar-refractivity contribution in [2.45, 2.75) is 33.0 Å². The highest BCUT2D eigenvalue weighted by atomic mass is 32.1. The molecule has 0 aliphatic heterocycles. The quantitative estimate of drug-likeness (QED) is 0.749. The Morgan fingerprint density at radius 2 is 2.16 bits per heavy atom. The first kappa shape index (κ1) is 16.4. The van der Waals surface area contributed by atoms with Gasteiger partial charge in [-0.1, -0.05) is 13.8 Å². The normalized spacial score (nSPS) is 12.3. The molecule has 0 saturated heterocycles. The van der Waals surface area contributed by atoms with Crippen LogP contribution >= 0.6 is 11.3 Å². The van der Waals surface area contributed by atoms with E-state index >= 15 is 0 Å². The van der Waals surface area contributed by atoms with Crippen LogP contribution in [0.4, 0.5) is 13.2 Å². The molecular weight excluding hydrogens is 277 g/mol. The van der Waals surface area contributed by atoms with Gasteiger partial charge in [-0.25, -0.2) is 4.98 Å². The highest BCUT2D eigenvalue weighted by molar-refractivity contribution is 7.11. The van der Waals surface area contributed by atoms with Crippen LogP contribution in [-0.4, -0.2) is 30.9 Å². The molecule has 0 atom stereocenters. The summed E-state index contributed by atoms with van der Waals surface area (Å²) < 4.78 is 40.1. The topological polar surface area (TPSA) is 34.2 Å². The molecule has 0 aromatic carbocycles. The molecule has 1 heterocycles. The first-order valence-electron chi connectivity index (χ1n) is 6.15. The van der Waals surface area contributed by atoms with Gasteiger partial charge >= 0.3 is 6.18 Å². The van der Waals surface area contributed by atoms with Gasteiger partial charge in [0, 0.05) is 24.0 Å². The van der Waals surface area contributed by atoms with E-state index in [-0.39, 0.29) is 6.61 Å². The van der Waals surface area contributed by atoms with Crippen molar-refractivity contribution in [2.75, 3.05) is 19.8 Å². The molecule has 1 aromatic rings. The minimum Gasteiger partial charge on any atom is -0.372 e. The van der Waals surface area contributed by atoms with Gasteiger partial charge < -0.3 is 10.1 Å². The van der Waals surface area contributed by atoms with Crippen LogP contribution < -0.4 is 5.32 Å². The van der Waals surface area contributed by atoms with Crippen molar-refractivity contribution >= 4 is 11.3 Å². The molecule has 0 aliphatic rings. The van der Waals surface area contributed by atoms with E-state index in [4.69, 9.17) is 0 Å². The number of alkyl halides is 3. The summed E-state index contributed by atoms with van der Waals surface area (Å²) in [6, 6.07) is 0. The fourth-order valence-corrected chi connectivity index (χ4v) is 2.25. The third kappa shape index (κ3) is 8.18. The molecule has 19 heavy (non-hydrogen) atoms. The minimum absolute atomic E-state index is 0.0475. The molecule has 0 amide bonds. The lowest BCUT2D eigenvalue weighted by Crippen LogP contribution is -2.18. The number of ether oxygens (including phenoxy) is 1. The zero-order chi connectivity index (χ0) is 14.3. The summed E-state index contributed by atoms with van der Waals surface area (Å²) in [7, 11) is 0. The van der Waals surface area contributed by atoms with Crippen molar-refractivity contribution in [3.8, 4) is 0 Å². The number of halogens is 3. The van der Waals surface area contributed by atoms with Gasteiger partial charge in [-0.05, 0) is 12.5 Å². The molecule has 7 heteroatoms. The summed E-state index contributed by atoms with van der Waals surface area (Å²) in [5, 5.41) is 4.10. The standard InChI is InChI=1S/C12H19F3N2OS/c1-9(2)5-16-6-10-7-17-11(19-10)3-4-18-8-12(13,14)15/h7,9,16H,3-6,8H2,1-2H3. The van der Waals surface area contributed by atoms with Gasteiger partial charge in [0.1, 0.15) is 6.61 Å². The number of rotatable bonds is 8. The van der Waals surface area contributed by atoms with Gasteiger partial charge in [-0.3, -0.25) is 0 Å². The molecule has 0 saturated carbocycles. The fourth-order valence-electron chi connectivity index (χ4n) is 1.38. The first-order valence-corrected chi connectivity index (χ1v) is 6.97. The summed E-state index contributed by atoms with van der Waals surface area (Å²) in [6.07, 6.45) is -2.07. The minimum atomic E-state index is -4.26. The molecule has 1 N–H and O–H groups in total. The molecule has 0 aliphatic carbocycles. The summed E-state index contributed by atoms with van der Waals surface area (Å²) in [6.45, 7) is 4.79. The monoisotopic (exact) mass is 296 g/mol. The Kier molecular flexibility index (Phi) is 6.74. The van der Waals surface area contributed by atoms with E-state index in [2.05, 4.69) is 28.9 Å². The van der Waals surface area contributed by atoms with Crippen molar-refractivity contribution in [1.82, 2.24) is 10.3 Å². The summed E-state index contributed by atoms with van der Waals surface area (Å²) >= 11 is 1.51. The highest BCUT2D eigenvalue weighted by Crippen LogP contribution is 2.16. The second-order valence-electron chi connectivity index (χ2n) is 4.66. The molecule has 0 spiro atoms. The summed E-state index contributed by atoms with van der Waals surface area (Å²) in [4.78, 5) is 5.25. The third-order valence-corrected chi connectivity index (χ3v) is 3.24. The zero-order valence-electron chi connectivity index (χ0n) is 11.1. The lowest BCUT2D eigenvalue weighted by Gasteiger charge is -2.06. The van der Waals surface area contributed by atoms with Gasteiger partial charge in [0.25, 0.3) is 0 Å². The van der Waals surface area contributed by atoms with Gasteiger partial charge in [0.2, 0.25) is 0 Å². The van der Waals surface area contributed by atoms with Crippen molar-refractivity contribution < 1.29 is 17.9 Å². The SMILES string of the molecule is CC(C)CNCc1cnc(CCOCC(F)(F)F)s1. The molecular formula is C12H19F3N2OS. The van der Waals surface area contributed by atoms with Crippen LogP contribution in [0.2, 0.25) is 0 Å². The summed E-state index contributed by atoms with van der Waals surface area (Å²) in [5.74, 6) is 0.586. The van der Waals surface area contributed by atoms with Crippen molar-refractivity contribution in [3.05, 3.63) is 16.1 Å². The maximum atomic E-state index is 11.8. The summed E-state index contributed by atoms with van der Waals surface area (Å²) in [5.41, 5.74) is 0. The van der Waals surface area contributed by atoms with Crippen molar-refractivity contribution in [3.63, 3.8) is 0 Å². The number of hydrogen-bond acceptors (Lipinski definition) is 4. The van der Waals surface area contributed by atoms with Gasteiger partial charge in [0.15, 0.2) is 0 Å². The van der Waals surface area contributed by atoms with E-state index in [0.29, 0.717) is 12.3 Å². The predicted octanol–water partition coefficient (Wildman–Crippen LogP) is 3.01. The molecule has 0 fully saturated rings. The molecule has 110 valence electrons. The smallest absolute Gasteiger partial charge is 0.372 e. The lowest BCUT2D eigenvalue weighted by atomic mass is 10.2. The van der Waals surface area contributed by atoms with Crippen LogP contribution in [0.5, 0.6) is 0 Å². The average Bonchev–Trinajstić information content (AvgIpc) is 2.71. The van der Waals surface area contributed by atoms with E-state index in [0.717, 1.165) is 23.0 Å². The van der Waals surface area contributed by atoms with Crippen LogP contribution in [0.15, 0.2) is 6.20 Å². The number of hydrogen-bond donors (Lipinski definition) is 1. The Morgan fingerprint density at radius 1 is 1.42 bits per heavy atom. The second kappa shape index (κ2) is 7.81. The van der Waals surface area contributed by atoms with Gasteiger partial charge in [-0.2, -0.15) is 13.2 Å². The fraction of sp³-hybridized carbons (Fsp3) is 0.750. The molecule has 3 nitrogen and oxygen atoms in total. The van der Waals surface area contributed by atoms with Gasteiger partial charge in [0.05, 0.1) is 11.6 Å². The Hall–Kier alpha value is -0.660. The predicted molar refractivity (Wildman–Crippen MR) is 69.2 cm³/mol. The van der Waals surface area contributed by atoms with Crippen LogP contribution in [0.25, 0.3) is 0 Å². The number of nitrogens with one attached hydrogen (secondary N) is 1. The second-order valence-corrected chi connectivity index (χ2v) is 5.86. The molecule has 0 bridgehead atoms. The van der Waals surface area contributed by atoms with Crippen LogP contribution in [0.1, 0.15) is 23.7 Å². The van der Waals surface area contributed by atoms with Crippen molar-refractivity contribution in [1.29, 1.82) is 0 Å². The first-order chi connectivity index (χ1) is 8.87. The van der Waals surface area contributed by atoms with Crippen molar-refractivity contribution in [2.24, 2.45) is 5.92 Å². The van der Waals surface area contributed by atoms with E-state index < -0.39 is 12.8 Å². The third-order valence-electron chi connectivity index (χ3n) is 2.18. The Morgan fingerprint density at radius 3 is 2.79 bits per heavy atom. The molecule has 0 radical (unpaired) electrons. The lowest BCUT2D eigenvalue weighted by molar-refractivity contribution is -0.173. The molecule has 1 rings (SSSR count).